The van der Waals surface area contributed by atoms with Gasteiger partial charge in [0.25, 0.3) is 0 Å². The lowest BCUT2D eigenvalue weighted by molar-refractivity contribution is -0.139. The molecule has 6 heteroatoms. The fraction of sp³-hybridized carbons (Fsp3) is 0.0833. The van der Waals surface area contributed by atoms with Gasteiger partial charge in [0.2, 0.25) is 5.95 Å². The van der Waals surface area contributed by atoms with Gasteiger partial charge in [-0.3, -0.25) is 0 Å². The Morgan fingerprint density at radius 1 is 1.28 bits per heavy atom. The Hall–Kier alpha value is -2.63. The van der Waals surface area contributed by atoms with Crippen LogP contribution in [0.2, 0.25) is 0 Å². The van der Waals surface area contributed by atoms with Crippen LogP contribution >= 0.6 is 0 Å². The SMILES string of the molecule is Nc1nccc(-c2ccc(OCC(=O)O)cc2)n1. The fourth-order valence-electron chi connectivity index (χ4n) is 1.40. The van der Waals surface area contributed by atoms with Crippen molar-refractivity contribution in [3.63, 3.8) is 0 Å². The van der Waals surface area contributed by atoms with Crippen LogP contribution < -0.4 is 10.5 Å². The van der Waals surface area contributed by atoms with Crippen molar-refractivity contribution in [1.29, 1.82) is 0 Å². The molecule has 0 amide bonds. The Labute approximate surface area is 103 Å². The van der Waals surface area contributed by atoms with Gasteiger partial charge in [0.1, 0.15) is 5.75 Å². The molecule has 0 aliphatic rings. The van der Waals surface area contributed by atoms with Gasteiger partial charge in [0, 0.05) is 11.8 Å². The lowest BCUT2D eigenvalue weighted by Gasteiger charge is -2.05. The van der Waals surface area contributed by atoms with E-state index in [-0.39, 0.29) is 12.6 Å². The smallest absolute Gasteiger partial charge is 0.341 e. The summed E-state index contributed by atoms with van der Waals surface area (Å²) in [6, 6.07) is 8.65. The lowest BCUT2D eigenvalue weighted by atomic mass is 10.1. The molecule has 0 atom stereocenters. The van der Waals surface area contributed by atoms with Crippen LogP contribution in [0, 0.1) is 0 Å². The van der Waals surface area contributed by atoms with Gasteiger partial charge in [-0.1, -0.05) is 0 Å². The third-order valence-corrected chi connectivity index (χ3v) is 2.19. The van der Waals surface area contributed by atoms with Crippen LogP contribution in [0.25, 0.3) is 11.3 Å². The van der Waals surface area contributed by atoms with E-state index in [4.69, 9.17) is 15.6 Å². The molecule has 0 spiro atoms. The number of nitrogens with two attached hydrogens (primary N) is 1. The highest BCUT2D eigenvalue weighted by Gasteiger charge is 2.02. The van der Waals surface area contributed by atoms with Crippen LogP contribution in [0.3, 0.4) is 0 Å². The topological polar surface area (TPSA) is 98.3 Å². The molecule has 1 heterocycles. The zero-order valence-electron chi connectivity index (χ0n) is 9.41. The molecule has 0 saturated heterocycles. The minimum absolute atomic E-state index is 0.207. The second kappa shape index (κ2) is 5.13. The van der Waals surface area contributed by atoms with Crippen molar-refractivity contribution in [2.24, 2.45) is 0 Å². The summed E-state index contributed by atoms with van der Waals surface area (Å²) in [5.74, 6) is -0.315. The third-order valence-electron chi connectivity index (χ3n) is 2.19. The zero-order chi connectivity index (χ0) is 13.0. The fourth-order valence-corrected chi connectivity index (χ4v) is 1.40. The van der Waals surface area contributed by atoms with E-state index in [0.29, 0.717) is 11.4 Å². The van der Waals surface area contributed by atoms with Crippen molar-refractivity contribution in [3.05, 3.63) is 36.5 Å². The van der Waals surface area contributed by atoms with E-state index < -0.39 is 5.97 Å². The van der Waals surface area contributed by atoms with Crippen LogP contribution in [-0.2, 0) is 4.79 Å². The number of nitrogen functional groups attached to an aromatic ring is 1. The Morgan fingerprint density at radius 3 is 2.61 bits per heavy atom. The van der Waals surface area contributed by atoms with Gasteiger partial charge < -0.3 is 15.6 Å². The molecule has 3 N–H and O–H groups in total. The quantitative estimate of drug-likeness (QED) is 0.839. The van der Waals surface area contributed by atoms with E-state index in [2.05, 4.69) is 9.97 Å². The van der Waals surface area contributed by atoms with E-state index in [1.807, 2.05) is 0 Å². The molecule has 0 unspecified atom stereocenters. The molecule has 0 radical (unpaired) electrons. The minimum Gasteiger partial charge on any atom is -0.482 e. The number of aromatic nitrogens is 2. The van der Waals surface area contributed by atoms with Crippen molar-refractivity contribution in [2.45, 2.75) is 0 Å². The predicted octanol–water partition coefficient (Wildman–Crippen LogP) is 1.19. The first kappa shape index (κ1) is 11.8. The monoisotopic (exact) mass is 245 g/mol. The predicted molar refractivity (Wildman–Crippen MR) is 65.0 cm³/mol. The van der Waals surface area contributed by atoms with Crippen LogP contribution in [-0.4, -0.2) is 27.7 Å². The first-order valence-electron chi connectivity index (χ1n) is 5.19. The number of ether oxygens (including phenoxy) is 1. The van der Waals surface area contributed by atoms with E-state index in [9.17, 15) is 4.79 Å². The summed E-state index contributed by atoms with van der Waals surface area (Å²) in [4.78, 5) is 18.2. The molecule has 92 valence electrons. The number of carboxylic acids is 1. The van der Waals surface area contributed by atoms with Crippen LogP contribution in [0.5, 0.6) is 5.75 Å². The van der Waals surface area contributed by atoms with Crippen molar-refractivity contribution < 1.29 is 14.6 Å². The number of carbonyl (C=O) groups is 1. The molecule has 18 heavy (non-hydrogen) atoms. The Morgan fingerprint density at radius 2 is 2.00 bits per heavy atom. The van der Waals surface area contributed by atoms with Crippen LogP contribution in [0.15, 0.2) is 36.5 Å². The summed E-state index contributed by atoms with van der Waals surface area (Å²) in [5, 5.41) is 8.48. The molecule has 0 bridgehead atoms. The zero-order valence-corrected chi connectivity index (χ0v) is 9.41. The number of benzene rings is 1. The van der Waals surface area contributed by atoms with Gasteiger partial charge in [-0.25, -0.2) is 14.8 Å². The van der Waals surface area contributed by atoms with Crippen molar-refractivity contribution in [1.82, 2.24) is 9.97 Å². The number of hydrogen-bond acceptors (Lipinski definition) is 5. The highest BCUT2D eigenvalue weighted by molar-refractivity contribution is 5.68. The van der Waals surface area contributed by atoms with Crippen molar-refractivity contribution in [2.75, 3.05) is 12.3 Å². The lowest BCUT2D eigenvalue weighted by Crippen LogP contribution is -2.09. The second-order valence-electron chi connectivity index (χ2n) is 3.51. The Kier molecular flexibility index (Phi) is 3.38. The van der Waals surface area contributed by atoms with E-state index in [1.54, 1.807) is 36.5 Å². The number of anilines is 1. The second-order valence-corrected chi connectivity index (χ2v) is 3.51. The number of aliphatic carboxylic acids is 1. The molecule has 1 aromatic carbocycles. The highest BCUT2D eigenvalue weighted by atomic mass is 16.5. The largest absolute Gasteiger partial charge is 0.482 e. The summed E-state index contributed by atoms with van der Waals surface area (Å²) in [6.45, 7) is -0.361. The molecule has 6 nitrogen and oxygen atoms in total. The molecule has 0 saturated carbocycles. The Bertz CT molecular complexity index is 555. The van der Waals surface area contributed by atoms with Crippen LogP contribution in [0.1, 0.15) is 0 Å². The van der Waals surface area contributed by atoms with E-state index in [1.165, 1.54) is 0 Å². The molecular weight excluding hydrogens is 234 g/mol. The highest BCUT2D eigenvalue weighted by Crippen LogP contribution is 2.20. The van der Waals surface area contributed by atoms with Gasteiger partial charge in [-0.15, -0.1) is 0 Å². The van der Waals surface area contributed by atoms with E-state index in [0.717, 1.165) is 5.56 Å². The summed E-state index contributed by atoms with van der Waals surface area (Å²) < 4.78 is 5.03. The van der Waals surface area contributed by atoms with Gasteiger partial charge in [-0.2, -0.15) is 0 Å². The standard InChI is InChI=1S/C12H11N3O3/c13-12-14-6-5-10(15-12)8-1-3-9(4-2-8)18-7-11(16)17/h1-6H,7H2,(H,16,17)(H2,13,14,15). The molecule has 1 aromatic heterocycles. The van der Waals surface area contributed by atoms with E-state index >= 15 is 0 Å². The number of rotatable bonds is 4. The number of hydrogen-bond donors (Lipinski definition) is 2. The maximum Gasteiger partial charge on any atom is 0.341 e. The van der Waals surface area contributed by atoms with Gasteiger partial charge in [0.05, 0.1) is 5.69 Å². The number of carboxylic acid groups (broad SMARTS) is 1. The normalized spacial score (nSPS) is 10.0. The summed E-state index contributed by atoms with van der Waals surface area (Å²) in [5.41, 5.74) is 7.05. The summed E-state index contributed by atoms with van der Waals surface area (Å²) in [7, 11) is 0. The first-order chi connectivity index (χ1) is 8.65. The molecule has 0 fully saturated rings. The molecule has 2 rings (SSSR count). The maximum absolute atomic E-state index is 10.3. The first-order valence-corrected chi connectivity index (χ1v) is 5.19. The molecule has 2 aromatic rings. The maximum atomic E-state index is 10.3. The summed E-state index contributed by atoms with van der Waals surface area (Å²) in [6.07, 6.45) is 1.58. The Balaban J connectivity index is 2.14. The minimum atomic E-state index is -1.01. The van der Waals surface area contributed by atoms with Crippen LogP contribution in [0.4, 0.5) is 5.95 Å². The number of nitrogens with zero attached hydrogens (tertiary/aromatic N) is 2. The molecule has 0 aliphatic carbocycles. The average molecular weight is 245 g/mol. The van der Waals surface area contributed by atoms with Gasteiger partial charge >= 0.3 is 5.97 Å². The third kappa shape index (κ3) is 2.94. The molecule has 0 aliphatic heterocycles. The summed E-state index contributed by atoms with van der Waals surface area (Å²) >= 11 is 0. The van der Waals surface area contributed by atoms with Crippen molar-refractivity contribution >= 4 is 11.9 Å². The average Bonchev–Trinajstić information content (AvgIpc) is 2.37. The van der Waals surface area contributed by atoms with Gasteiger partial charge in [-0.05, 0) is 30.3 Å². The van der Waals surface area contributed by atoms with Crippen molar-refractivity contribution in [3.8, 4) is 17.0 Å². The molecular formula is C12H11N3O3. The van der Waals surface area contributed by atoms with Gasteiger partial charge in [0.15, 0.2) is 6.61 Å².